The number of fused-ring (bicyclic) bond motifs is 1. The summed E-state index contributed by atoms with van der Waals surface area (Å²) in [6.07, 6.45) is 0. The van der Waals surface area contributed by atoms with Crippen molar-refractivity contribution >= 4 is 29.2 Å². The van der Waals surface area contributed by atoms with Crippen LogP contribution in [-0.4, -0.2) is 25.5 Å². The first-order valence-electron chi connectivity index (χ1n) is 3.90. The molecule has 0 aliphatic rings. The van der Waals surface area contributed by atoms with Gasteiger partial charge in [-0.25, -0.2) is 0 Å². The van der Waals surface area contributed by atoms with Gasteiger partial charge in [0.1, 0.15) is 0 Å². The summed E-state index contributed by atoms with van der Waals surface area (Å²) in [6, 6.07) is 6.70. The van der Waals surface area contributed by atoms with Gasteiger partial charge < -0.3 is 0 Å². The van der Waals surface area contributed by atoms with Crippen molar-refractivity contribution in [3.8, 4) is 5.75 Å². The predicted octanol–water partition coefficient (Wildman–Crippen LogP) is 1.27. The normalized spacial score (nSPS) is 10.5. The van der Waals surface area contributed by atoms with Gasteiger partial charge in [-0.15, -0.1) is 0 Å². The Bertz CT molecular complexity index is 509. The monoisotopic (exact) mass is 290 g/mol. The first-order valence-corrected chi connectivity index (χ1v) is 6.23. The maximum atomic E-state index is 11.5. The predicted molar refractivity (Wildman–Crippen MR) is 53.6 cm³/mol. The van der Waals surface area contributed by atoms with Gasteiger partial charge in [-0.3, -0.25) is 0 Å². The summed E-state index contributed by atoms with van der Waals surface area (Å²) in [6.45, 7) is 1.98. The van der Waals surface area contributed by atoms with Gasteiger partial charge in [0.2, 0.25) is 0 Å². The van der Waals surface area contributed by atoms with E-state index in [-0.39, 0.29) is 11.2 Å². The standard InChI is InChI=1S/C10H8O2Te/c1-6-4-9(12)8-3-2-7(11)5-10(8)13-6/h2-5,11H,1H3. The molecule has 0 aliphatic heterocycles. The van der Waals surface area contributed by atoms with Crippen LogP contribution in [0.2, 0.25) is 0 Å². The molecule has 0 radical (unpaired) electrons. The third kappa shape index (κ3) is 1.63. The average molecular weight is 288 g/mol. The van der Waals surface area contributed by atoms with Crippen LogP contribution in [0.4, 0.5) is 0 Å². The molecule has 0 amide bonds. The van der Waals surface area contributed by atoms with Gasteiger partial charge in [-0.1, -0.05) is 0 Å². The van der Waals surface area contributed by atoms with Crippen molar-refractivity contribution in [1.29, 1.82) is 0 Å². The molecular formula is C10H8O2Te. The molecule has 1 heterocycles. The second-order valence-electron chi connectivity index (χ2n) is 2.90. The average Bonchev–Trinajstić information content (AvgIpc) is 2.02. The van der Waals surface area contributed by atoms with Gasteiger partial charge in [-0.05, 0) is 0 Å². The van der Waals surface area contributed by atoms with Crippen molar-refractivity contribution in [3.05, 3.63) is 38.1 Å². The summed E-state index contributed by atoms with van der Waals surface area (Å²) in [5.41, 5.74) is 0.0730. The van der Waals surface area contributed by atoms with Gasteiger partial charge >= 0.3 is 85.1 Å². The van der Waals surface area contributed by atoms with Crippen LogP contribution in [0.15, 0.2) is 29.1 Å². The van der Waals surface area contributed by atoms with Crippen LogP contribution in [0, 0.1) is 6.92 Å². The number of rotatable bonds is 0. The van der Waals surface area contributed by atoms with Gasteiger partial charge in [0, 0.05) is 0 Å². The second-order valence-corrected chi connectivity index (χ2v) is 6.58. The maximum absolute atomic E-state index is 11.5. The Morgan fingerprint density at radius 2 is 2.08 bits per heavy atom. The molecule has 0 saturated heterocycles. The van der Waals surface area contributed by atoms with E-state index in [1.807, 2.05) is 6.92 Å². The Balaban J connectivity index is 2.95. The molecule has 1 N–H and O–H groups in total. The van der Waals surface area contributed by atoms with Crippen LogP contribution < -0.4 is 5.43 Å². The molecule has 1 aromatic carbocycles. The summed E-state index contributed by atoms with van der Waals surface area (Å²) in [5.74, 6) is 0.256. The fraction of sp³-hybridized carbons (Fsp3) is 0.100. The fourth-order valence-electron chi connectivity index (χ4n) is 1.26. The van der Waals surface area contributed by atoms with E-state index in [4.69, 9.17) is 0 Å². The molecule has 2 aromatic rings. The first kappa shape index (κ1) is 8.80. The van der Waals surface area contributed by atoms with E-state index >= 15 is 0 Å². The first-order chi connectivity index (χ1) is 6.16. The zero-order valence-electron chi connectivity index (χ0n) is 7.07. The number of hydrogen-bond donors (Lipinski definition) is 1. The van der Waals surface area contributed by atoms with Crippen molar-refractivity contribution in [2.24, 2.45) is 0 Å². The van der Waals surface area contributed by atoms with Gasteiger partial charge in [0.05, 0.1) is 0 Å². The molecule has 0 spiro atoms. The van der Waals surface area contributed by atoms with Crippen LogP contribution in [0.1, 0.15) is 3.58 Å². The second kappa shape index (κ2) is 3.17. The number of benzene rings is 1. The molecule has 0 fully saturated rings. The van der Waals surface area contributed by atoms with Crippen molar-refractivity contribution in [1.82, 2.24) is 0 Å². The van der Waals surface area contributed by atoms with Crippen LogP contribution in [0.3, 0.4) is 0 Å². The van der Waals surface area contributed by atoms with E-state index in [1.54, 1.807) is 24.3 Å². The number of phenolic OH excluding ortho intramolecular Hbond substituents is 1. The van der Waals surface area contributed by atoms with Gasteiger partial charge in [0.15, 0.2) is 0 Å². The summed E-state index contributed by atoms with van der Waals surface area (Å²) < 4.78 is 2.23. The summed E-state index contributed by atoms with van der Waals surface area (Å²) in [4.78, 5) is 11.5. The van der Waals surface area contributed by atoms with E-state index in [9.17, 15) is 9.90 Å². The Kier molecular flexibility index (Phi) is 2.15. The van der Waals surface area contributed by atoms with Crippen LogP contribution in [0.25, 0.3) is 8.79 Å². The molecule has 0 bridgehead atoms. The number of phenols is 1. The summed E-state index contributed by atoms with van der Waals surface area (Å²) in [5, 5.41) is 10.0. The molecule has 0 aliphatic carbocycles. The quantitative estimate of drug-likeness (QED) is 0.741. The minimum absolute atomic E-state index is 0.0730. The van der Waals surface area contributed by atoms with Crippen molar-refractivity contribution in [2.45, 2.75) is 6.92 Å². The van der Waals surface area contributed by atoms with E-state index in [0.717, 1.165) is 8.79 Å². The Labute approximate surface area is 85.1 Å². The van der Waals surface area contributed by atoms with Crippen molar-refractivity contribution in [3.63, 3.8) is 0 Å². The van der Waals surface area contributed by atoms with Crippen molar-refractivity contribution in [2.75, 3.05) is 0 Å². The van der Waals surface area contributed by atoms with Crippen LogP contribution >= 0.6 is 0 Å². The minimum atomic E-state index is -0.412. The van der Waals surface area contributed by atoms with Crippen LogP contribution in [0.5, 0.6) is 5.75 Å². The molecular weight excluding hydrogens is 280 g/mol. The Morgan fingerprint density at radius 1 is 1.31 bits per heavy atom. The molecule has 0 atom stereocenters. The summed E-state index contributed by atoms with van der Waals surface area (Å²) >= 11 is -0.412. The molecule has 0 saturated carbocycles. The molecule has 1 aromatic heterocycles. The third-order valence-electron chi connectivity index (χ3n) is 1.84. The molecule has 13 heavy (non-hydrogen) atoms. The zero-order chi connectivity index (χ0) is 9.42. The molecule has 0 unspecified atom stereocenters. The third-order valence-corrected chi connectivity index (χ3v) is 4.68. The van der Waals surface area contributed by atoms with E-state index in [1.165, 1.54) is 3.58 Å². The number of hydrogen-bond acceptors (Lipinski definition) is 2. The SMILES string of the molecule is Cc1cc(=O)c2ccc(O)cc2[te]1. The number of aryl methyl sites for hydroxylation is 1. The fourth-order valence-corrected chi connectivity index (χ4v) is 4.04. The van der Waals surface area contributed by atoms with E-state index in [0.29, 0.717) is 0 Å². The Hall–Kier alpha value is -0.780. The van der Waals surface area contributed by atoms with Gasteiger partial charge in [-0.2, -0.15) is 0 Å². The topological polar surface area (TPSA) is 37.3 Å². The zero-order valence-corrected chi connectivity index (χ0v) is 9.40. The Morgan fingerprint density at radius 3 is 2.85 bits per heavy atom. The summed E-state index contributed by atoms with van der Waals surface area (Å²) in [7, 11) is 0. The molecule has 2 rings (SSSR count). The molecule has 3 heteroatoms. The molecule has 2 nitrogen and oxygen atoms in total. The van der Waals surface area contributed by atoms with Crippen LogP contribution in [-0.2, 0) is 0 Å². The molecule has 66 valence electrons. The number of aromatic hydroxyl groups is 1. The van der Waals surface area contributed by atoms with Gasteiger partial charge in [0.25, 0.3) is 0 Å². The van der Waals surface area contributed by atoms with E-state index in [2.05, 4.69) is 0 Å². The van der Waals surface area contributed by atoms with E-state index < -0.39 is 20.4 Å². The van der Waals surface area contributed by atoms with Crippen molar-refractivity contribution < 1.29 is 5.11 Å².